The van der Waals surface area contributed by atoms with Crippen LogP contribution in [0.25, 0.3) is 0 Å². The molecular formula is C22H29N3O3. The second kappa shape index (κ2) is 8.25. The molecule has 28 heavy (non-hydrogen) atoms. The highest BCUT2D eigenvalue weighted by molar-refractivity contribution is 5.94. The normalized spacial score (nSPS) is 19.2. The van der Waals surface area contributed by atoms with Gasteiger partial charge in [-0.25, -0.2) is 0 Å². The quantitative estimate of drug-likeness (QED) is 0.795. The van der Waals surface area contributed by atoms with E-state index in [2.05, 4.69) is 5.10 Å². The number of nitrogens with zero attached hydrogens (tertiary/aromatic N) is 3. The first kappa shape index (κ1) is 18.8. The third-order valence-electron chi connectivity index (χ3n) is 5.85. The van der Waals surface area contributed by atoms with E-state index in [0.29, 0.717) is 12.5 Å². The number of piperidine rings is 1. The van der Waals surface area contributed by atoms with Crippen molar-refractivity contribution in [3.05, 3.63) is 41.2 Å². The lowest BCUT2D eigenvalue weighted by atomic mass is 9.94. The van der Waals surface area contributed by atoms with Crippen LogP contribution < -0.4 is 9.47 Å². The van der Waals surface area contributed by atoms with Crippen LogP contribution in [0.4, 0.5) is 0 Å². The average Bonchev–Trinajstić information content (AvgIpc) is 3.07. The minimum atomic E-state index is 0.129. The molecule has 2 heterocycles. The van der Waals surface area contributed by atoms with Gasteiger partial charge in [-0.3, -0.25) is 9.48 Å². The molecule has 1 atom stereocenters. The summed E-state index contributed by atoms with van der Waals surface area (Å²) in [7, 11) is 3.56. The van der Waals surface area contributed by atoms with Gasteiger partial charge in [0.15, 0.2) is 0 Å². The van der Waals surface area contributed by atoms with Gasteiger partial charge in [0.1, 0.15) is 17.2 Å². The molecule has 1 aromatic carbocycles. The smallest absolute Gasteiger partial charge is 0.272 e. The molecule has 6 nitrogen and oxygen atoms in total. The molecule has 0 bridgehead atoms. The van der Waals surface area contributed by atoms with E-state index < -0.39 is 0 Å². The predicted molar refractivity (Wildman–Crippen MR) is 107 cm³/mol. The number of rotatable bonds is 5. The Hall–Kier alpha value is -2.50. The fraction of sp³-hybridized carbons (Fsp3) is 0.545. The van der Waals surface area contributed by atoms with Gasteiger partial charge in [0.2, 0.25) is 0 Å². The highest BCUT2D eigenvalue weighted by Crippen LogP contribution is 2.27. The summed E-state index contributed by atoms with van der Waals surface area (Å²) in [6.07, 6.45) is 6.38. The first-order chi connectivity index (χ1) is 13.7. The molecule has 1 fully saturated rings. The van der Waals surface area contributed by atoms with Crippen molar-refractivity contribution >= 4 is 5.91 Å². The molecule has 6 heteroatoms. The van der Waals surface area contributed by atoms with Crippen molar-refractivity contribution in [3.63, 3.8) is 0 Å². The van der Waals surface area contributed by atoms with Crippen molar-refractivity contribution in [3.8, 4) is 11.5 Å². The van der Waals surface area contributed by atoms with Gasteiger partial charge in [-0.15, -0.1) is 0 Å². The zero-order valence-corrected chi connectivity index (χ0v) is 16.8. The maximum atomic E-state index is 13.3. The van der Waals surface area contributed by atoms with Crippen molar-refractivity contribution < 1.29 is 14.3 Å². The predicted octanol–water partition coefficient (Wildman–Crippen LogP) is 3.24. The van der Waals surface area contributed by atoms with Gasteiger partial charge in [-0.2, -0.15) is 5.10 Å². The number of aryl methyl sites for hydroxylation is 2. The zero-order chi connectivity index (χ0) is 19.5. The van der Waals surface area contributed by atoms with Crippen molar-refractivity contribution in [1.82, 2.24) is 14.7 Å². The van der Waals surface area contributed by atoms with E-state index in [9.17, 15) is 4.79 Å². The Morgan fingerprint density at radius 3 is 2.89 bits per heavy atom. The van der Waals surface area contributed by atoms with Crippen LogP contribution in [0.5, 0.6) is 11.5 Å². The van der Waals surface area contributed by atoms with E-state index in [1.807, 2.05) is 36.2 Å². The van der Waals surface area contributed by atoms with Crippen molar-refractivity contribution in [1.29, 1.82) is 0 Å². The SMILES string of the molecule is COc1cccc(OC[C@@H]2CCCN(C(=O)c3c4c(nn3C)CCCC4)C2)c1. The number of ether oxygens (including phenoxy) is 2. The summed E-state index contributed by atoms with van der Waals surface area (Å²) >= 11 is 0. The summed E-state index contributed by atoms with van der Waals surface area (Å²) in [6, 6.07) is 7.67. The second-order valence-corrected chi connectivity index (χ2v) is 7.85. The van der Waals surface area contributed by atoms with Gasteiger partial charge >= 0.3 is 0 Å². The van der Waals surface area contributed by atoms with Crippen LogP contribution in [-0.4, -0.2) is 47.4 Å². The molecule has 1 aromatic heterocycles. The highest BCUT2D eigenvalue weighted by Gasteiger charge is 2.30. The Morgan fingerprint density at radius 1 is 1.21 bits per heavy atom. The molecule has 2 aromatic rings. The van der Waals surface area contributed by atoms with Crippen molar-refractivity contribution in [2.75, 3.05) is 26.8 Å². The Bertz CT molecular complexity index is 846. The van der Waals surface area contributed by atoms with Crippen molar-refractivity contribution in [2.45, 2.75) is 38.5 Å². The standard InChI is InChI=1S/C22H29N3O3/c1-24-21(19-10-3-4-11-20(19)23-24)22(26)25-12-6-7-16(14-25)15-28-18-9-5-8-17(13-18)27-2/h5,8-9,13,16H,3-4,6-7,10-12,14-15H2,1-2H3/t16-/m1/s1. The molecule has 150 valence electrons. The summed E-state index contributed by atoms with van der Waals surface area (Å²) in [4.78, 5) is 15.3. The van der Waals surface area contributed by atoms with E-state index in [0.717, 1.165) is 68.1 Å². The lowest BCUT2D eigenvalue weighted by molar-refractivity contribution is 0.0621. The summed E-state index contributed by atoms with van der Waals surface area (Å²) in [5.74, 6) is 2.07. The molecule has 1 aliphatic heterocycles. The summed E-state index contributed by atoms with van der Waals surface area (Å²) in [5.41, 5.74) is 3.09. The number of likely N-dealkylation sites (tertiary alicyclic amines) is 1. The van der Waals surface area contributed by atoms with E-state index in [1.54, 1.807) is 11.8 Å². The number of hydrogen-bond donors (Lipinski definition) is 0. The van der Waals surface area contributed by atoms with Crippen LogP contribution in [0.3, 0.4) is 0 Å². The van der Waals surface area contributed by atoms with Crippen LogP contribution in [0, 0.1) is 5.92 Å². The summed E-state index contributed by atoms with van der Waals surface area (Å²) in [5, 5.41) is 4.61. The Labute approximate surface area is 166 Å². The summed E-state index contributed by atoms with van der Waals surface area (Å²) in [6.45, 7) is 2.16. The number of benzene rings is 1. The van der Waals surface area contributed by atoms with E-state index in [-0.39, 0.29) is 5.91 Å². The van der Waals surface area contributed by atoms with Crippen LogP contribution >= 0.6 is 0 Å². The largest absolute Gasteiger partial charge is 0.497 e. The Kier molecular flexibility index (Phi) is 5.55. The fourth-order valence-corrected chi connectivity index (χ4v) is 4.39. The monoisotopic (exact) mass is 383 g/mol. The zero-order valence-electron chi connectivity index (χ0n) is 16.8. The Balaban J connectivity index is 1.41. The molecular weight excluding hydrogens is 354 g/mol. The number of carbonyl (C=O) groups excluding carboxylic acids is 1. The molecule has 2 aliphatic rings. The number of aromatic nitrogens is 2. The number of fused-ring (bicyclic) bond motifs is 1. The molecule has 4 rings (SSSR count). The lowest BCUT2D eigenvalue weighted by Gasteiger charge is -2.33. The van der Waals surface area contributed by atoms with Crippen LogP contribution in [0.15, 0.2) is 24.3 Å². The first-order valence-electron chi connectivity index (χ1n) is 10.3. The topological polar surface area (TPSA) is 56.6 Å². The molecule has 1 amide bonds. The van der Waals surface area contributed by atoms with Gasteiger partial charge < -0.3 is 14.4 Å². The molecule has 0 unspecified atom stereocenters. The van der Waals surface area contributed by atoms with Crippen LogP contribution in [-0.2, 0) is 19.9 Å². The molecule has 1 aliphatic carbocycles. The molecule has 1 saturated heterocycles. The van der Waals surface area contributed by atoms with E-state index in [4.69, 9.17) is 9.47 Å². The highest BCUT2D eigenvalue weighted by atomic mass is 16.5. The maximum Gasteiger partial charge on any atom is 0.272 e. The van der Waals surface area contributed by atoms with Crippen LogP contribution in [0.1, 0.15) is 47.4 Å². The molecule has 0 radical (unpaired) electrons. The molecule has 0 N–H and O–H groups in total. The van der Waals surface area contributed by atoms with E-state index in [1.165, 1.54) is 12.0 Å². The van der Waals surface area contributed by atoms with Crippen LogP contribution in [0.2, 0.25) is 0 Å². The minimum absolute atomic E-state index is 0.129. The Morgan fingerprint density at radius 2 is 2.04 bits per heavy atom. The molecule has 0 spiro atoms. The molecule has 0 saturated carbocycles. The third-order valence-corrected chi connectivity index (χ3v) is 5.85. The van der Waals surface area contributed by atoms with E-state index >= 15 is 0 Å². The first-order valence-corrected chi connectivity index (χ1v) is 10.3. The lowest BCUT2D eigenvalue weighted by Crippen LogP contribution is -2.42. The van der Waals surface area contributed by atoms with Gasteiger partial charge in [0.05, 0.1) is 19.4 Å². The van der Waals surface area contributed by atoms with Gasteiger partial charge in [-0.05, 0) is 50.7 Å². The van der Waals surface area contributed by atoms with Crippen molar-refractivity contribution in [2.24, 2.45) is 13.0 Å². The minimum Gasteiger partial charge on any atom is -0.497 e. The van der Waals surface area contributed by atoms with Gasteiger partial charge in [0, 0.05) is 37.7 Å². The van der Waals surface area contributed by atoms with Gasteiger partial charge in [0.25, 0.3) is 5.91 Å². The maximum absolute atomic E-state index is 13.3. The fourth-order valence-electron chi connectivity index (χ4n) is 4.39. The number of amides is 1. The second-order valence-electron chi connectivity index (χ2n) is 7.85. The third kappa shape index (κ3) is 3.86. The van der Waals surface area contributed by atoms with Gasteiger partial charge in [-0.1, -0.05) is 6.07 Å². The number of hydrogen-bond acceptors (Lipinski definition) is 4. The summed E-state index contributed by atoms with van der Waals surface area (Å²) < 4.78 is 13.0. The number of methoxy groups -OCH3 is 1. The number of carbonyl (C=O) groups is 1. The average molecular weight is 383 g/mol.